The van der Waals surface area contributed by atoms with E-state index >= 15 is 0 Å². The summed E-state index contributed by atoms with van der Waals surface area (Å²) in [6.07, 6.45) is 0. The van der Waals surface area contributed by atoms with Crippen molar-refractivity contribution in [2.45, 2.75) is 13.8 Å². The summed E-state index contributed by atoms with van der Waals surface area (Å²) in [5, 5.41) is 7.69. The van der Waals surface area contributed by atoms with Gasteiger partial charge in [-0.1, -0.05) is 26.0 Å². The zero-order valence-corrected chi connectivity index (χ0v) is 14.9. The normalized spacial score (nSPS) is 10.6. The summed E-state index contributed by atoms with van der Waals surface area (Å²) >= 11 is 0. The summed E-state index contributed by atoms with van der Waals surface area (Å²) in [4.78, 5) is 24.3. The fourth-order valence-corrected chi connectivity index (χ4v) is 2.21. The second kappa shape index (κ2) is 9.07. The highest BCUT2D eigenvalue weighted by atomic mass is 19.2. The van der Waals surface area contributed by atoms with E-state index in [0.717, 1.165) is 12.1 Å². The fourth-order valence-electron chi connectivity index (χ4n) is 2.21. The van der Waals surface area contributed by atoms with Gasteiger partial charge in [0.05, 0.1) is 23.5 Å². The fraction of sp³-hybridized carbons (Fsp3) is 0.263. The predicted octanol–water partition coefficient (Wildman–Crippen LogP) is 3.54. The van der Waals surface area contributed by atoms with Crippen molar-refractivity contribution in [3.8, 4) is 0 Å². The number of hydrogen-bond donors (Lipinski definition) is 3. The van der Waals surface area contributed by atoms with Crippen molar-refractivity contribution in [1.82, 2.24) is 5.32 Å². The lowest BCUT2D eigenvalue weighted by molar-refractivity contribution is -0.114. The molecule has 27 heavy (non-hydrogen) atoms. The monoisotopic (exact) mass is 379 g/mol. The number of nitrogens with one attached hydrogen (secondary N) is 3. The minimum atomic E-state index is -1.62. The third-order valence-corrected chi connectivity index (χ3v) is 3.59. The van der Waals surface area contributed by atoms with Gasteiger partial charge in [-0.05, 0) is 30.2 Å². The molecular weight excluding hydrogens is 359 g/mol. The third kappa shape index (κ3) is 5.47. The van der Waals surface area contributed by atoms with Crippen LogP contribution in [0.25, 0.3) is 0 Å². The first kappa shape index (κ1) is 20.3. The van der Waals surface area contributed by atoms with Gasteiger partial charge in [0.15, 0.2) is 17.5 Å². The highest BCUT2D eigenvalue weighted by molar-refractivity contribution is 6.04. The van der Waals surface area contributed by atoms with Crippen LogP contribution in [0.2, 0.25) is 0 Å². The molecule has 5 nitrogen and oxygen atoms in total. The Balaban J connectivity index is 2.02. The lowest BCUT2D eigenvalue weighted by Crippen LogP contribution is -2.29. The summed E-state index contributed by atoms with van der Waals surface area (Å²) in [6, 6.07) is 8.18. The second-order valence-electron chi connectivity index (χ2n) is 6.27. The number of halogens is 3. The van der Waals surface area contributed by atoms with Crippen LogP contribution in [0.4, 0.5) is 24.5 Å². The number of hydrogen-bond acceptors (Lipinski definition) is 3. The molecule has 3 N–H and O–H groups in total. The van der Waals surface area contributed by atoms with Crippen LogP contribution >= 0.6 is 0 Å². The van der Waals surface area contributed by atoms with E-state index in [1.807, 2.05) is 13.8 Å². The SMILES string of the molecule is CC(C)CNC(=O)c1ccccc1NC(=O)CNc1ccc(F)c(F)c1F. The van der Waals surface area contributed by atoms with Gasteiger partial charge in [-0.15, -0.1) is 0 Å². The van der Waals surface area contributed by atoms with Crippen molar-refractivity contribution < 1.29 is 22.8 Å². The van der Waals surface area contributed by atoms with Gasteiger partial charge in [-0.25, -0.2) is 13.2 Å². The number of benzene rings is 2. The van der Waals surface area contributed by atoms with E-state index < -0.39 is 29.9 Å². The van der Waals surface area contributed by atoms with Gasteiger partial charge in [-0.3, -0.25) is 9.59 Å². The molecule has 0 unspecified atom stereocenters. The molecule has 0 aliphatic heterocycles. The van der Waals surface area contributed by atoms with E-state index in [9.17, 15) is 22.8 Å². The molecule has 0 saturated carbocycles. The van der Waals surface area contributed by atoms with Crippen molar-refractivity contribution in [3.63, 3.8) is 0 Å². The maximum atomic E-state index is 13.6. The van der Waals surface area contributed by atoms with Gasteiger partial charge in [0.25, 0.3) is 5.91 Å². The van der Waals surface area contributed by atoms with Gasteiger partial charge in [0, 0.05) is 6.54 Å². The Labute approximate surface area is 155 Å². The summed E-state index contributed by atoms with van der Waals surface area (Å²) in [5.74, 6) is -4.99. The number of para-hydroxylation sites is 1. The van der Waals surface area contributed by atoms with E-state index in [4.69, 9.17) is 0 Å². The zero-order valence-electron chi connectivity index (χ0n) is 14.9. The molecule has 0 radical (unpaired) electrons. The lowest BCUT2D eigenvalue weighted by atomic mass is 10.1. The third-order valence-electron chi connectivity index (χ3n) is 3.59. The minimum absolute atomic E-state index is 0.269. The molecular formula is C19H20F3N3O2. The topological polar surface area (TPSA) is 70.2 Å². The maximum absolute atomic E-state index is 13.6. The van der Waals surface area contributed by atoms with Crippen LogP contribution in [0.5, 0.6) is 0 Å². The maximum Gasteiger partial charge on any atom is 0.253 e. The highest BCUT2D eigenvalue weighted by Gasteiger charge is 2.16. The van der Waals surface area contributed by atoms with Crippen molar-refractivity contribution in [3.05, 3.63) is 59.4 Å². The number of rotatable bonds is 7. The molecule has 2 amide bonds. The molecule has 0 aromatic heterocycles. The van der Waals surface area contributed by atoms with E-state index in [0.29, 0.717) is 6.54 Å². The lowest BCUT2D eigenvalue weighted by Gasteiger charge is -2.13. The van der Waals surface area contributed by atoms with Gasteiger partial charge in [0.1, 0.15) is 0 Å². The van der Waals surface area contributed by atoms with Crippen LogP contribution in [0.3, 0.4) is 0 Å². The molecule has 2 aromatic rings. The largest absolute Gasteiger partial charge is 0.374 e. The molecule has 0 aliphatic carbocycles. The highest BCUT2D eigenvalue weighted by Crippen LogP contribution is 2.19. The Morgan fingerprint density at radius 1 is 0.963 bits per heavy atom. The average Bonchev–Trinajstić information content (AvgIpc) is 2.64. The van der Waals surface area contributed by atoms with Crippen LogP contribution in [-0.4, -0.2) is 24.9 Å². The Hall–Kier alpha value is -3.03. The van der Waals surface area contributed by atoms with Crippen LogP contribution in [0.15, 0.2) is 36.4 Å². The molecule has 0 heterocycles. The Morgan fingerprint density at radius 2 is 1.67 bits per heavy atom. The predicted molar refractivity (Wildman–Crippen MR) is 97.0 cm³/mol. The van der Waals surface area contributed by atoms with Crippen LogP contribution in [0, 0.1) is 23.4 Å². The van der Waals surface area contributed by atoms with Crippen molar-refractivity contribution in [2.24, 2.45) is 5.92 Å². The van der Waals surface area contributed by atoms with Gasteiger partial charge in [0.2, 0.25) is 5.91 Å². The number of carbonyl (C=O) groups is 2. The molecule has 0 fully saturated rings. The van der Waals surface area contributed by atoms with Gasteiger partial charge < -0.3 is 16.0 Å². The molecule has 0 saturated heterocycles. The number of anilines is 2. The molecule has 0 aliphatic rings. The van der Waals surface area contributed by atoms with E-state index in [-0.39, 0.29) is 28.8 Å². The number of carbonyl (C=O) groups excluding carboxylic acids is 2. The van der Waals surface area contributed by atoms with Gasteiger partial charge in [-0.2, -0.15) is 0 Å². The summed E-state index contributed by atoms with van der Waals surface area (Å²) < 4.78 is 39.7. The Kier molecular flexibility index (Phi) is 6.81. The first-order valence-electron chi connectivity index (χ1n) is 8.34. The zero-order chi connectivity index (χ0) is 20.0. The number of amides is 2. The van der Waals surface area contributed by atoms with Crippen molar-refractivity contribution in [1.29, 1.82) is 0 Å². The molecule has 8 heteroatoms. The average molecular weight is 379 g/mol. The second-order valence-corrected chi connectivity index (χ2v) is 6.27. The Bertz CT molecular complexity index is 841. The van der Waals surface area contributed by atoms with E-state index in [1.165, 1.54) is 0 Å². The molecule has 2 aromatic carbocycles. The molecule has 0 atom stereocenters. The van der Waals surface area contributed by atoms with Crippen molar-refractivity contribution in [2.75, 3.05) is 23.7 Å². The summed E-state index contributed by atoms with van der Waals surface area (Å²) in [5.41, 5.74) is 0.230. The molecule has 0 spiro atoms. The smallest absolute Gasteiger partial charge is 0.253 e. The first-order chi connectivity index (χ1) is 12.8. The van der Waals surface area contributed by atoms with Crippen molar-refractivity contribution >= 4 is 23.2 Å². The summed E-state index contributed by atoms with van der Waals surface area (Å²) in [6.45, 7) is 4.00. The van der Waals surface area contributed by atoms with E-state index in [2.05, 4.69) is 16.0 Å². The van der Waals surface area contributed by atoms with Crippen LogP contribution < -0.4 is 16.0 Å². The quantitative estimate of drug-likeness (QED) is 0.645. The standard InChI is InChI=1S/C19H20F3N3O2/c1-11(2)9-24-19(27)12-5-3-4-6-14(12)25-16(26)10-23-15-8-7-13(20)17(21)18(15)22/h3-8,11,23H,9-10H2,1-2H3,(H,24,27)(H,25,26). The Morgan fingerprint density at radius 3 is 2.37 bits per heavy atom. The summed E-state index contributed by atoms with van der Waals surface area (Å²) in [7, 11) is 0. The minimum Gasteiger partial charge on any atom is -0.374 e. The van der Waals surface area contributed by atoms with Crippen LogP contribution in [0.1, 0.15) is 24.2 Å². The molecule has 2 rings (SSSR count). The molecule has 144 valence electrons. The van der Waals surface area contributed by atoms with E-state index in [1.54, 1.807) is 24.3 Å². The first-order valence-corrected chi connectivity index (χ1v) is 8.34. The van der Waals surface area contributed by atoms with Gasteiger partial charge >= 0.3 is 0 Å². The molecule has 0 bridgehead atoms. The van der Waals surface area contributed by atoms with Crippen LogP contribution in [-0.2, 0) is 4.79 Å².